The number of benzene rings is 2. The van der Waals surface area contributed by atoms with Crippen LogP contribution in [0.25, 0.3) is 0 Å². The molecular weight excluding hydrogens is 274 g/mol. The molecule has 0 spiro atoms. The highest BCUT2D eigenvalue weighted by molar-refractivity contribution is 6.30. The molecule has 106 valence electrons. The Bertz CT molecular complexity index is 574. The number of aliphatic hydroxyl groups is 1. The molecule has 0 bridgehead atoms. The molecule has 0 aliphatic carbocycles. The lowest BCUT2D eigenvalue weighted by Crippen LogP contribution is -2.27. The summed E-state index contributed by atoms with van der Waals surface area (Å²) in [6.45, 7) is 1.96. The number of nitrogens with one attached hydrogen (secondary N) is 1. The number of halogens is 1. The van der Waals surface area contributed by atoms with Crippen molar-refractivity contribution in [3.63, 3.8) is 0 Å². The van der Waals surface area contributed by atoms with Gasteiger partial charge in [0.05, 0.1) is 12.6 Å². The van der Waals surface area contributed by atoms with Gasteiger partial charge >= 0.3 is 0 Å². The van der Waals surface area contributed by atoms with Crippen LogP contribution in [0, 0.1) is 0 Å². The molecule has 0 aliphatic heterocycles. The van der Waals surface area contributed by atoms with E-state index in [1.54, 1.807) is 24.3 Å². The SMILES string of the molecule is CC(NC(CO)c1cccc(Cl)c1)c1cccc(O)c1. The second-order valence-corrected chi connectivity index (χ2v) is 5.21. The van der Waals surface area contributed by atoms with Crippen LogP contribution < -0.4 is 5.32 Å². The Hall–Kier alpha value is -1.55. The number of hydrogen-bond acceptors (Lipinski definition) is 3. The van der Waals surface area contributed by atoms with Gasteiger partial charge in [0.1, 0.15) is 5.75 Å². The Morgan fingerprint density at radius 2 is 1.80 bits per heavy atom. The Morgan fingerprint density at radius 1 is 1.10 bits per heavy atom. The summed E-state index contributed by atoms with van der Waals surface area (Å²) in [5.74, 6) is 0.236. The van der Waals surface area contributed by atoms with Crippen molar-refractivity contribution in [2.75, 3.05) is 6.61 Å². The van der Waals surface area contributed by atoms with Crippen molar-refractivity contribution in [1.82, 2.24) is 5.32 Å². The second kappa shape index (κ2) is 6.75. The molecule has 20 heavy (non-hydrogen) atoms. The molecule has 2 unspecified atom stereocenters. The third-order valence-electron chi connectivity index (χ3n) is 3.26. The lowest BCUT2D eigenvalue weighted by Gasteiger charge is -2.22. The minimum absolute atomic E-state index is 0.00164. The van der Waals surface area contributed by atoms with E-state index >= 15 is 0 Å². The van der Waals surface area contributed by atoms with Crippen molar-refractivity contribution in [2.45, 2.75) is 19.0 Å². The molecule has 0 heterocycles. The third-order valence-corrected chi connectivity index (χ3v) is 3.49. The summed E-state index contributed by atoms with van der Waals surface area (Å²) < 4.78 is 0. The van der Waals surface area contributed by atoms with Crippen LogP contribution in [-0.4, -0.2) is 16.8 Å². The largest absolute Gasteiger partial charge is 0.508 e. The van der Waals surface area contributed by atoms with Crippen LogP contribution in [0.5, 0.6) is 5.75 Å². The number of aliphatic hydroxyl groups excluding tert-OH is 1. The van der Waals surface area contributed by atoms with Crippen molar-refractivity contribution >= 4 is 11.6 Å². The molecular formula is C16H18ClNO2. The van der Waals surface area contributed by atoms with Crippen molar-refractivity contribution in [1.29, 1.82) is 0 Å². The van der Waals surface area contributed by atoms with Gasteiger partial charge in [-0.25, -0.2) is 0 Å². The van der Waals surface area contributed by atoms with Crippen LogP contribution in [-0.2, 0) is 0 Å². The zero-order valence-corrected chi connectivity index (χ0v) is 12.0. The van der Waals surface area contributed by atoms with Gasteiger partial charge in [0, 0.05) is 11.1 Å². The van der Waals surface area contributed by atoms with E-state index in [1.165, 1.54) is 0 Å². The molecule has 4 heteroatoms. The Labute approximate surface area is 123 Å². The molecule has 0 saturated carbocycles. The van der Waals surface area contributed by atoms with Crippen LogP contribution in [0.1, 0.15) is 30.1 Å². The molecule has 0 radical (unpaired) electrons. The molecule has 2 aromatic carbocycles. The fourth-order valence-corrected chi connectivity index (χ4v) is 2.37. The highest BCUT2D eigenvalue weighted by Crippen LogP contribution is 2.23. The van der Waals surface area contributed by atoms with E-state index in [4.69, 9.17) is 11.6 Å². The molecule has 3 N–H and O–H groups in total. The third kappa shape index (κ3) is 3.73. The van der Waals surface area contributed by atoms with Gasteiger partial charge in [-0.1, -0.05) is 35.9 Å². The lowest BCUT2D eigenvalue weighted by molar-refractivity contribution is 0.235. The molecule has 0 aliphatic rings. The highest BCUT2D eigenvalue weighted by atomic mass is 35.5. The maximum absolute atomic E-state index is 9.57. The maximum Gasteiger partial charge on any atom is 0.115 e. The summed E-state index contributed by atoms with van der Waals surface area (Å²) in [6, 6.07) is 14.3. The van der Waals surface area contributed by atoms with Crippen molar-refractivity contribution in [3.8, 4) is 5.75 Å². The first-order valence-corrected chi connectivity index (χ1v) is 6.89. The van der Waals surface area contributed by atoms with Gasteiger partial charge in [-0.2, -0.15) is 0 Å². The van der Waals surface area contributed by atoms with Gasteiger partial charge in [-0.15, -0.1) is 0 Å². The minimum atomic E-state index is -0.203. The zero-order valence-electron chi connectivity index (χ0n) is 11.3. The van der Waals surface area contributed by atoms with E-state index in [-0.39, 0.29) is 24.4 Å². The summed E-state index contributed by atoms with van der Waals surface area (Å²) in [6.07, 6.45) is 0. The molecule has 3 nitrogen and oxygen atoms in total. The summed E-state index contributed by atoms with van der Waals surface area (Å²) in [4.78, 5) is 0. The van der Waals surface area contributed by atoms with E-state index in [2.05, 4.69) is 5.32 Å². The van der Waals surface area contributed by atoms with Crippen molar-refractivity contribution < 1.29 is 10.2 Å². The van der Waals surface area contributed by atoms with Crippen LogP contribution in [0.3, 0.4) is 0 Å². The summed E-state index contributed by atoms with van der Waals surface area (Å²) >= 11 is 5.98. The van der Waals surface area contributed by atoms with Gasteiger partial charge < -0.3 is 15.5 Å². The van der Waals surface area contributed by atoms with Gasteiger partial charge in [0.2, 0.25) is 0 Å². The Morgan fingerprint density at radius 3 is 2.45 bits per heavy atom. The molecule has 0 aromatic heterocycles. The molecule has 2 atom stereocenters. The smallest absolute Gasteiger partial charge is 0.115 e. The van der Waals surface area contributed by atoms with Gasteiger partial charge in [-0.05, 0) is 42.3 Å². The molecule has 0 saturated heterocycles. The Kier molecular flexibility index (Phi) is 5.01. The van der Waals surface area contributed by atoms with E-state index in [1.807, 2.05) is 31.2 Å². The van der Waals surface area contributed by atoms with E-state index in [0.29, 0.717) is 5.02 Å². The quantitative estimate of drug-likeness (QED) is 0.791. The normalized spacial score (nSPS) is 13.9. The number of aromatic hydroxyl groups is 1. The number of hydrogen-bond donors (Lipinski definition) is 3. The van der Waals surface area contributed by atoms with Crippen LogP contribution in [0.15, 0.2) is 48.5 Å². The topological polar surface area (TPSA) is 52.5 Å². The fraction of sp³-hybridized carbons (Fsp3) is 0.250. The van der Waals surface area contributed by atoms with Gasteiger partial charge in [0.15, 0.2) is 0 Å². The molecule has 2 rings (SSSR count). The van der Waals surface area contributed by atoms with Crippen molar-refractivity contribution in [3.05, 3.63) is 64.7 Å². The van der Waals surface area contributed by atoms with Crippen LogP contribution in [0.4, 0.5) is 0 Å². The van der Waals surface area contributed by atoms with Crippen LogP contribution in [0.2, 0.25) is 5.02 Å². The molecule has 0 fully saturated rings. The van der Waals surface area contributed by atoms with Gasteiger partial charge in [0.25, 0.3) is 0 Å². The lowest BCUT2D eigenvalue weighted by atomic mass is 10.0. The Balaban J connectivity index is 2.14. The van der Waals surface area contributed by atoms with Crippen LogP contribution >= 0.6 is 11.6 Å². The summed E-state index contributed by atoms with van der Waals surface area (Å²) in [5, 5.41) is 23.1. The predicted octanol–water partition coefficient (Wildman–Crippen LogP) is 3.43. The molecule has 0 amide bonds. The van der Waals surface area contributed by atoms with Gasteiger partial charge in [-0.3, -0.25) is 0 Å². The average molecular weight is 292 g/mol. The standard InChI is InChI=1S/C16H18ClNO2/c1-11(12-4-3-7-15(20)9-12)18-16(10-19)13-5-2-6-14(17)8-13/h2-9,11,16,18-20H,10H2,1H3. The zero-order chi connectivity index (χ0) is 14.5. The monoisotopic (exact) mass is 291 g/mol. The highest BCUT2D eigenvalue weighted by Gasteiger charge is 2.15. The van der Waals surface area contributed by atoms with Crippen molar-refractivity contribution in [2.24, 2.45) is 0 Å². The summed E-state index contributed by atoms with van der Waals surface area (Å²) in [5.41, 5.74) is 1.90. The minimum Gasteiger partial charge on any atom is -0.508 e. The first-order valence-electron chi connectivity index (χ1n) is 6.51. The predicted molar refractivity (Wildman–Crippen MR) is 80.9 cm³/mol. The first kappa shape index (κ1) is 14.9. The maximum atomic E-state index is 9.57. The van der Waals surface area contributed by atoms with E-state index in [0.717, 1.165) is 11.1 Å². The second-order valence-electron chi connectivity index (χ2n) is 4.77. The number of rotatable bonds is 5. The van der Waals surface area contributed by atoms with E-state index in [9.17, 15) is 10.2 Å². The number of phenols is 1. The first-order chi connectivity index (χ1) is 9.60. The average Bonchev–Trinajstić information content (AvgIpc) is 2.44. The molecule has 2 aromatic rings. The summed E-state index contributed by atoms with van der Waals surface area (Å²) in [7, 11) is 0. The fourth-order valence-electron chi connectivity index (χ4n) is 2.17. The van der Waals surface area contributed by atoms with E-state index < -0.39 is 0 Å². The number of phenolic OH excluding ortho intramolecular Hbond substituents is 1.